The highest BCUT2D eigenvalue weighted by Gasteiger charge is 2.02. The zero-order valence-electron chi connectivity index (χ0n) is 9.54. The summed E-state index contributed by atoms with van der Waals surface area (Å²) < 4.78 is 0. The topological polar surface area (TPSA) is 41.5 Å². The number of hydrazone groups is 1. The van der Waals surface area contributed by atoms with Crippen molar-refractivity contribution in [2.75, 3.05) is 0 Å². The minimum absolute atomic E-state index is 0.0961. The van der Waals surface area contributed by atoms with E-state index >= 15 is 0 Å². The quantitative estimate of drug-likeness (QED) is 0.646. The van der Waals surface area contributed by atoms with Crippen LogP contribution in [0, 0.1) is 0 Å². The van der Waals surface area contributed by atoms with E-state index in [9.17, 15) is 4.79 Å². The van der Waals surface area contributed by atoms with Gasteiger partial charge in [-0.3, -0.25) is 4.79 Å². The van der Waals surface area contributed by atoms with Gasteiger partial charge < -0.3 is 0 Å². The molecule has 0 unspecified atom stereocenters. The monoisotopic (exact) mass is 272 g/mol. The fourth-order valence-corrected chi connectivity index (χ4v) is 1.54. The number of benzene rings is 1. The molecular formula is C12H14Cl2N2O. The molecule has 0 aromatic heterocycles. The average molecular weight is 273 g/mol. The molecular weight excluding hydrogens is 259 g/mol. The number of nitrogens with one attached hydrogen (secondary N) is 1. The van der Waals surface area contributed by atoms with Crippen molar-refractivity contribution < 1.29 is 4.79 Å². The van der Waals surface area contributed by atoms with Crippen molar-refractivity contribution in [1.82, 2.24) is 5.43 Å². The van der Waals surface area contributed by atoms with Crippen LogP contribution in [0.3, 0.4) is 0 Å². The molecule has 92 valence electrons. The second kappa shape index (κ2) is 7.30. The maximum Gasteiger partial charge on any atom is 0.240 e. The minimum atomic E-state index is -0.0961. The number of rotatable bonds is 5. The van der Waals surface area contributed by atoms with Gasteiger partial charge in [0.25, 0.3) is 0 Å². The third kappa shape index (κ3) is 4.75. The van der Waals surface area contributed by atoms with Crippen molar-refractivity contribution in [3.8, 4) is 0 Å². The summed E-state index contributed by atoms with van der Waals surface area (Å²) in [6.45, 7) is 2.03. The standard InChI is InChI=1S/C12H14Cl2N2O/c1-2-3-7-11(17)16-15-8-9-5-4-6-10(13)12(9)14/h4-6,8H,2-3,7H2,1H3,(H,16,17)/b15-8+. The molecule has 0 aliphatic heterocycles. The second-order valence-electron chi connectivity index (χ2n) is 3.54. The van der Waals surface area contributed by atoms with Crippen LogP contribution < -0.4 is 5.43 Å². The van der Waals surface area contributed by atoms with Gasteiger partial charge in [0.1, 0.15) is 0 Å². The zero-order chi connectivity index (χ0) is 12.7. The average Bonchev–Trinajstić information content (AvgIpc) is 2.32. The molecule has 0 saturated heterocycles. The first-order chi connectivity index (χ1) is 8.15. The Balaban J connectivity index is 2.54. The van der Waals surface area contributed by atoms with Gasteiger partial charge in [-0.05, 0) is 12.5 Å². The van der Waals surface area contributed by atoms with Gasteiger partial charge in [-0.1, -0.05) is 48.7 Å². The third-order valence-corrected chi connectivity index (χ3v) is 2.97. The van der Waals surface area contributed by atoms with Crippen molar-refractivity contribution in [2.24, 2.45) is 5.10 Å². The van der Waals surface area contributed by atoms with Gasteiger partial charge in [-0.2, -0.15) is 5.10 Å². The molecule has 0 heterocycles. The van der Waals surface area contributed by atoms with Gasteiger partial charge in [0.15, 0.2) is 0 Å². The molecule has 0 aliphatic rings. The highest BCUT2D eigenvalue weighted by molar-refractivity contribution is 6.43. The number of carbonyl (C=O) groups excluding carboxylic acids is 1. The number of hydrogen-bond donors (Lipinski definition) is 1. The normalized spacial score (nSPS) is 10.8. The summed E-state index contributed by atoms with van der Waals surface area (Å²) in [6.07, 6.45) is 3.81. The fourth-order valence-electron chi connectivity index (χ4n) is 1.19. The maximum atomic E-state index is 11.3. The fraction of sp³-hybridized carbons (Fsp3) is 0.333. The van der Waals surface area contributed by atoms with E-state index in [0.717, 1.165) is 12.8 Å². The number of nitrogens with zero attached hydrogens (tertiary/aromatic N) is 1. The number of unbranched alkanes of at least 4 members (excludes halogenated alkanes) is 1. The SMILES string of the molecule is CCCCC(=O)N/N=C/c1cccc(Cl)c1Cl. The number of halogens is 2. The summed E-state index contributed by atoms with van der Waals surface area (Å²) >= 11 is 11.8. The Hall–Kier alpha value is -1.06. The van der Waals surface area contributed by atoms with Gasteiger partial charge in [-0.25, -0.2) is 5.43 Å². The van der Waals surface area contributed by atoms with Gasteiger partial charge in [0.05, 0.1) is 16.3 Å². The summed E-state index contributed by atoms with van der Waals surface area (Å²) in [6, 6.07) is 5.24. The van der Waals surface area contributed by atoms with E-state index in [1.54, 1.807) is 18.2 Å². The molecule has 0 aliphatic carbocycles. The lowest BCUT2D eigenvalue weighted by atomic mass is 10.2. The summed E-state index contributed by atoms with van der Waals surface area (Å²) in [4.78, 5) is 11.3. The molecule has 0 fully saturated rings. The molecule has 1 rings (SSSR count). The minimum Gasteiger partial charge on any atom is -0.273 e. The van der Waals surface area contributed by atoms with Crippen molar-refractivity contribution >= 4 is 35.3 Å². The second-order valence-corrected chi connectivity index (χ2v) is 4.32. The number of amides is 1. The van der Waals surface area contributed by atoms with Crippen molar-refractivity contribution in [3.63, 3.8) is 0 Å². The Morgan fingerprint density at radius 2 is 2.24 bits per heavy atom. The van der Waals surface area contributed by atoms with Crippen LogP contribution in [0.15, 0.2) is 23.3 Å². The molecule has 3 nitrogen and oxygen atoms in total. The molecule has 1 N–H and O–H groups in total. The Kier molecular flexibility index (Phi) is 6.01. The Bertz CT molecular complexity index is 419. The van der Waals surface area contributed by atoms with E-state index in [0.29, 0.717) is 22.0 Å². The molecule has 17 heavy (non-hydrogen) atoms. The molecule has 0 bridgehead atoms. The zero-order valence-corrected chi connectivity index (χ0v) is 11.1. The largest absolute Gasteiger partial charge is 0.273 e. The molecule has 1 aromatic carbocycles. The summed E-state index contributed by atoms with van der Waals surface area (Å²) in [5, 5.41) is 4.73. The summed E-state index contributed by atoms with van der Waals surface area (Å²) in [5.74, 6) is -0.0961. The summed E-state index contributed by atoms with van der Waals surface area (Å²) in [7, 11) is 0. The smallest absolute Gasteiger partial charge is 0.240 e. The van der Waals surface area contributed by atoms with Crippen LogP contribution in [0.25, 0.3) is 0 Å². The van der Waals surface area contributed by atoms with Gasteiger partial charge in [0, 0.05) is 12.0 Å². The molecule has 1 aromatic rings. The predicted molar refractivity (Wildman–Crippen MR) is 71.7 cm³/mol. The number of carbonyl (C=O) groups is 1. The lowest BCUT2D eigenvalue weighted by Crippen LogP contribution is -2.16. The maximum absolute atomic E-state index is 11.3. The van der Waals surface area contributed by atoms with E-state index in [2.05, 4.69) is 10.5 Å². The van der Waals surface area contributed by atoms with Crippen molar-refractivity contribution in [2.45, 2.75) is 26.2 Å². The van der Waals surface area contributed by atoms with Crippen LogP contribution in [0.5, 0.6) is 0 Å². The first kappa shape index (κ1) is 14.0. The molecule has 0 atom stereocenters. The highest BCUT2D eigenvalue weighted by atomic mass is 35.5. The number of hydrogen-bond acceptors (Lipinski definition) is 2. The Labute approximate surface area is 111 Å². The molecule has 0 spiro atoms. The van der Waals surface area contributed by atoms with E-state index in [1.807, 2.05) is 6.92 Å². The van der Waals surface area contributed by atoms with Crippen molar-refractivity contribution in [3.05, 3.63) is 33.8 Å². The van der Waals surface area contributed by atoms with Crippen LogP contribution >= 0.6 is 23.2 Å². The van der Waals surface area contributed by atoms with Crippen LogP contribution in [0.2, 0.25) is 10.0 Å². The first-order valence-corrected chi connectivity index (χ1v) is 6.16. The van der Waals surface area contributed by atoms with E-state index in [4.69, 9.17) is 23.2 Å². The molecule has 0 saturated carbocycles. The third-order valence-electron chi connectivity index (χ3n) is 2.13. The lowest BCUT2D eigenvalue weighted by molar-refractivity contribution is -0.121. The first-order valence-electron chi connectivity index (χ1n) is 5.41. The van der Waals surface area contributed by atoms with E-state index < -0.39 is 0 Å². The predicted octanol–water partition coefficient (Wildman–Crippen LogP) is 3.63. The summed E-state index contributed by atoms with van der Waals surface area (Å²) in [5.41, 5.74) is 3.12. The van der Waals surface area contributed by atoms with Crippen LogP contribution in [-0.2, 0) is 4.79 Å². The Morgan fingerprint density at radius 1 is 1.47 bits per heavy atom. The highest BCUT2D eigenvalue weighted by Crippen LogP contribution is 2.23. The van der Waals surface area contributed by atoms with E-state index in [-0.39, 0.29) is 5.91 Å². The van der Waals surface area contributed by atoms with Crippen LogP contribution in [-0.4, -0.2) is 12.1 Å². The van der Waals surface area contributed by atoms with E-state index in [1.165, 1.54) is 6.21 Å². The van der Waals surface area contributed by atoms with Crippen LogP contribution in [0.4, 0.5) is 0 Å². The van der Waals surface area contributed by atoms with Crippen molar-refractivity contribution in [1.29, 1.82) is 0 Å². The molecule has 1 amide bonds. The molecule has 0 radical (unpaired) electrons. The van der Waals surface area contributed by atoms with Gasteiger partial charge in [-0.15, -0.1) is 0 Å². The Morgan fingerprint density at radius 3 is 2.94 bits per heavy atom. The van der Waals surface area contributed by atoms with Gasteiger partial charge >= 0.3 is 0 Å². The lowest BCUT2D eigenvalue weighted by Gasteiger charge is -2.00. The van der Waals surface area contributed by atoms with Gasteiger partial charge in [0.2, 0.25) is 5.91 Å². The molecule has 5 heteroatoms. The van der Waals surface area contributed by atoms with Crippen LogP contribution in [0.1, 0.15) is 31.7 Å².